The Morgan fingerprint density at radius 2 is 0.727 bits per heavy atom. The highest BCUT2D eigenvalue weighted by molar-refractivity contribution is 6.01. The van der Waals surface area contributed by atoms with E-state index in [1.807, 2.05) is 0 Å². The average molecular weight is 847 g/mol. The molecule has 66 heavy (non-hydrogen) atoms. The molecule has 0 saturated carbocycles. The van der Waals surface area contributed by atoms with Crippen molar-refractivity contribution in [2.75, 3.05) is 9.80 Å². The van der Waals surface area contributed by atoms with Crippen LogP contribution < -0.4 is 9.80 Å². The highest BCUT2D eigenvalue weighted by atomic mass is 15.1. The second-order valence-corrected chi connectivity index (χ2v) is 19.7. The number of benzene rings is 10. The molecule has 0 heterocycles. The van der Waals surface area contributed by atoms with E-state index in [9.17, 15) is 0 Å². The molecule has 1 atom stereocenters. The van der Waals surface area contributed by atoms with E-state index >= 15 is 0 Å². The van der Waals surface area contributed by atoms with Gasteiger partial charge in [-0.2, -0.15) is 0 Å². The molecule has 0 fully saturated rings. The molecular formula is C64H50N2. The summed E-state index contributed by atoms with van der Waals surface area (Å²) >= 11 is 0. The van der Waals surface area contributed by atoms with E-state index in [-0.39, 0.29) is 16.7 Å². The summed E-state index contributed by atoms with van der Waals surface area (Å²) in [6.45, 7) is 12.1. The van der Waals surface area contributed by atoms with Crippen LogP contribution in [-0.2, 0) is 10.8 Å². The number of anilines is 6. The van der Waals surface area contributed by atoms with Gasteiger partial charge in [0.2, 0.25) is 0 Å². The number of fused-ring (bicyclic) bond motifs is 11. The van der Waals surface area contributed by atoms with Gasteiger partial charge in [-0.15, -0.1) is 0 Å². The lowest BCUT2D eigenvalue weighted by atomic mass is 9.79. The summed E-state index contributed by atoms with van der Waals surface area (Å²) in [5.41, 5.74) is 23.3. The minimum Gasteiger partial charge on any atom is -0.310 e. The predicted octanol–water partition coefficient (Wildman–Crippen LogP) is 17.7. The molecule has 0 N–H and O–H groups in total. The lowest BCUT2D eigenvalue weighted by Crippen LogP contribution is -2.17. The first-order chi connectivity index (χ1) is 32.2. The summed E-state index contributed by atoms with van der Waals surface area (Å²) in [5, 5.41) is 4.96. The van der Waals surface area contributed by atoms with Gasteiger partial charge in [0.25, 0.3) is 0 Å². The molecule has 0 aliphatic heterocycles. The molecule has 1 unspecified atom stereocenters. The van der Waals surface area contributed by atoms with Crippen LogP contribution in [0.1, 0.15) is 73.9 Å². The van der Waals surface area contributed by atoms with Gasteiger partial charge >= 0.3 is 0 Å². The molecule has 10 aromatic rings. The molecule has 0 bridgehead atoms. The quantitative estimate of drug-likeness (QED) is 0.164. The van der Waals surface area contributed by atoms with Crippen LogP contribution in [0.15, 0.2) is 206 Å². The highest BCUT2D eigenvalue weighted by Gasteiger charge is 2.43. The SMILES string of the molecule is CC1c2cc(N(c3ccccc3)c3cccc4ccccc34)ccc2-c2cc3c(cc21)-c1cc2c(cc1C3(C)C)-c1ccc(N(c3ccccc3)c3cccc4ccccc34)cc1C2(C)C. The van der Waals surface area contributed by atoms with Gasteiger partial charge < -0.3 is 9.80 Å². The molecule has 0 spiro atoms. The zero-order chi connectivity index (χ0) is 44.5. The third-order valence-corrected chi connectivity index (χ3v) is 15.4. The zero-order valence-corrected chi connectivity index (χ0v) is 38.1. The van der Waals surface area contributed by atoms with Crippen molar-refractivity contribution in [1.29, 1.82) is 0 Å². The Kier molecular flexibility index (Phi) is 8.31. The summed E-state index contributed by atoms with van der Waals surface area (Å²) in [7, 11) is 0. The molecule has 0 radical (unpaired) electrons. The van der Waals surface area contributed by atoms with Crippen molar-refractivity contribution < 1.29 is 0 Å². The molecule has 13 rings (SSSR count). The predicted molar refractivity (Wildman–Crippen MR) is 279 cm³/mol. The Morgan fingerprint density at radius 1 is 0.318 bits per heavy atom. The van der Waals surface area contributed by atoms with E-state index in [0.29, 0.717) is 0 Å². The van der Waals surface area contributed by atoms with Gasteiger partial charge in [0.1, 0.15) is 0 Å². The molecule has 2 heteroatoms. The van der Waals surface area contributed by atoms with Gasteiger partial charge in [0.05, 0.1) is 11.4 Å². The molecule has 0 amide bonds. The van der Waals surface area contributed by atoms with Gasteiger partial charge in [0, 0.05) is 50.3 Å². The van der Waals surface area contributed by atoms with E-state index in [4.69, 9.17) is 0 Å². The van der Waals surface area contributed by atoms with Gasteiger partial charge in [-0.3, -0.25) is 0 Å². The van der Waals surface area contributed by atoms with Crippen molar-refractivity contribution >= 4 is 55.7 Å². The summed E-state index contributed by atoms with van der Waals surface area (Å²) in [6, 6.07) is 77.0. The molecule has 3 aliphatic carbocycles. The van der Waals surface area contributed by atoms with Crippen LogP contribution in [0.3, 0.4) is 0 Å². The summed E-state index contributed by atoms with van der Waals surface area (Å²) in [6.07, 6.45) is 0. The third-order valence-electron chi connectivity index (χ3n) is 15.4. The van der Waals surface area contributed by atoms with Crippen LogP contribution in [0.4, 0.5) is 34.1 Å². The first-order valence-corrected chi connectivity index (χ1v) is 23.5. The van der Waals surface area contributed by atoms with E-state index in [0.717, 1.165) is 11.4 Å². The monoisotopic (exact) mass is 846 g/mol. The number of hydrogen-bond donors (Lipinski definition) is 0. The van der Waals surface area contributed by atoms with Crippen LogP contribution in [0.25, 0.3) is 54.9 Å². The lowest BCUT2D eigenvalue weighted by Gasteiger charge is -2.29. The number of hydrogen-bond acceptors (Lipinski definition) is 2. The molecule has 10 aromatic carbocycles. The van der Waals surface area contributed by atoms with Crippen LogP contribution >= 0.6 is 0 Å². The van der Waals surface area contributed by atoms with Gasteiger partial charge in [-0.25, -0.2) is 0 Å². The van der Waals surface area contributed by atoms with Crippen molar-refractivity contribution in [2.45, 2.75) is 51.4 Å². The van der Waals surface area contributed by atoms with Crippen molar-refractivity contribution in [3.05, 3.63) is 240 Å². The Morgan fingerprint density at radius 3 is 1.29 bits per heavy atom. The first kappa shape index (κ1) is 38.8. The normalized spacial score (nSPS) is 15.4. The molecule has 2 nitrogen and oxygen atoms in total. The average Bonchev–Trinajstić information content (AvgIpc) is 3.85. The number of nitrogens with zero attached hydrogens (tertiary/aromatic N) is 2. The Labute approximate surface area is 388 Å². The summed E-state index contributed by atoms with van der Waals surface area (Å²) < 4.78 is 0. The Bertz CT molecular complexity index is 3610. The zero-order valence-electron chi connectivity index (χ0n) is 38.1. The molecule has 3 aliphatic rings. The maximum Gasteiger partial charge on any atom is 0.0540 e. The minimum absolute atomic E-state index is 0.162. The van der Waals surface area contributed by atoms with Crippen molar-refractivity contribution in [3.63, 3.8) is 0 Å². The molecule has 0 saturated heterocycles. The molecular weight excluding hydrogens is 797 g/mol. The maximum absolute atomic E-state index is 2.57. The molecule has 316 valence electrons. The Hall–Kier alpha value is -7.68. The summed E-state index contributed by atoms with van der Waals surface area (Å²) in [5.74, 6) is 0.250. The maximum atomic E-state index is 2.57. The second-order valence-electron chi connectivity index (χ2n) is 19.7. The largest absolute Gasteiger partial charge is 0.310 e. The number of para-hydroxylation sites is 2. The van der Waals surface area contributed by atoms with Crippen molar-refractivity contribution in [3.8, 4) is 33.4 Å². The first-order valence-electron chi connectivity index (χ1n) is 23.5. The third kappa shape index (κ3) is 5.54. The van der Waals surface area contributed by atoms with E-state index in [2.05, 4.69) is 251 Å². The van der Waals surface area contributed by atoms with Gasteiger partial charge in [0.15, 0.2) is 0 Å². The van der Waals surface area contributed by atoms with E-state index in [1.165, 1.54) is 111 Å². The lowest BCUT2D eigenvalue weighted by molar-refractivity contribution is 0.652. The highest BCUT2D eigenvalue weighted by Crippen LogP contribution is 2.59. The van der Waals surface area contributed by atoms with Crippen LogP contribution in [0.5, 0.6) is 0 Å². The van der Waals surface area contributed by atoms with E-state index < -0.39 is 0 Å². The molecule has 0 aromatic heterocycles. The van der Waals surface area contributed by atoms with Gasteiger partial charge in [-0.05, 0) is 162 Å². The smallest absolute Gasteiger partial charge is 0.0540 e. The standard InChI is InChI=1S/C64H50N2/c1-40-51-34-45(65(43-22-8-6-9-23-43)61-28-16-20-41-18-12-14-26-47(41)61)30-32-49(51)53-37-58-54(36-52(40)53)56-39-59-55(38-60(56)64(58,4)5)50-33-31-46(35-57(50)63(59,2)3)66(44-24-10-7-11-25-44)62-29-17-21-42-19-13-15-27-48(42)62/h6-40H,1-5H3. The van der Waals surface area contributed by atoms with E-state index in [1.54, 1.807) is 0 Å². The van der Waals surface area contributed by atoms with Crippen molar-refractivity contribution in [2.24, 2.45) is 0 Å². The second kappa shape index (κ2) is 14.2. The van der Waals surface area contributed by atoms with Crippen molar-refractivity contribution in [1.82, 2.24) is 0 Å². The number of rotatable bonds is 6. The summed E-state index contributed by atoms with van der Waals surface area (Å²) in [4.78, 5) is 4.87. The topological polar surface area (TPSA) is 6.48 Å². The van der Waals surface area contributed by atoms with Crippen LogP contribution in [0, 0.1) is 0 Å². The fourth-order valence-corrected chi connectivity index (χ4v) is 12.0. The van der Waals surface area contributed by atoms with Crippen LogP contribution in [-0.4, -0.2) is 0 Å². The fourth-order valence-electron chi connectivity index (χ4n) is 12.0. The Balaban J connectivity index is 0.899. The van der Waals surface area contributed by atoms with Gasteiger partial charge in [-0.1, -0.05) is 156 Å². The minimum atomic E-state index is -0.199. The van der Waals surface area contributed by atoms with Crippen LogP contribution in [0.2, 0.25) is 0 Å². The fraction of sp³-hybridized carbons (Fsp3) is 0.125.